The van der Waals surface area contributed by atoms with Gasteiger partial charge in [-0.3, -0.25) is 4.57 Å². The van der Waals surface area contributed by atoms with Crippen molar-refractivity contribution in [2.45, 2.75) is 20.8 Å². The third kappa shape index (κ3) is 150. The van der Waals surface area contributed by atoms with Crippen LogP contribution < -0.4 is 0 Å². The molecular formula is C6H16OPY3-3. The molecule has 0 N–H and O–H groups in total. The summed E-state index contributed by atoms with van der Waals surface area (Å²) in [5.74, 6) is 1.42. The number of rotatable bonds is 0. The summed E-state index contributed by atoms with van der Waals surface area (Å²) in [5, 5.41) is 0. The number of hydrogen-bond donors (Lipinski definition) is 0. The molecule has 0 aliphatic heterocycles. The van der Waals surface area contributed by atoms with Gasteiger partial charge in [-0.1, -0.05) is 0 Å². The summed E-state index contributed by atoms with van der Waals surface area (Å²) in [5.41, 5.74) is 0. The van der Waals surface area contributed by atoms with E-state index in [2.05, 4.69) is 20.8 Å². The van der Waals surface area contributed by atoms with Gasteiger partial charge in [0.15, 0.2) is 0 Å². The smallest absolute Gasteiger partial charge is 0.138 e. The minimum atomic E-state index is 0. The zero-order valence-corrected chi connectivity index (χ0v) is 17.7. The molecule has 1 nitrogen and oxygen atoms in total. The summed E-state index contributed by atoms with van der Waals surface area (Å²) in [6, 6.07) is 0. The van der Waals surface area contributed by atoms with Gasteiger partial charge >= 0.3 is 0 Å². The van der Waals surface area contributed by atoms with Crippen molar-refractivity contribution >= 4 is 9.12 Å². The minimum Gasteiger partial charge on any atom is -0.358 e. The maximum atomic E-state index is 8.06. The van der Waals surface area contributed by atoms with E-state index in [1.807, 2.05) is 0 Å². The van der Waals surface area contributed by atoms with Crippen LogP contribution in [0.2, 0.25) is 0 Å². The molecule has 0 unspecified atom stereocenters. The van der Waals surface area contributed by atoms with Crippen LogP contribution in [0.15, 0.2) is 0 Å². The maximum absolute atomic E-state index is 8.06. The van der Waals surface area contributed by atoms with Gasteiger partial charge in [0, 0.05) is 98.1 Å². The topological polar surface area (TPSA) is 17.1 Å². The van der Waals surface area contributed by atoms with Crippen molar-refractivity contribution in [1.29, 1.82) is 0 Å². The largest absolute Gasteiger partial charge is 0.358 e. The molecule has 0 aromatic rings. The fourth-order valence-electron chi connectivity index (χ4n) is 0. The first-order valence-electron chi connectivity index (χ1n) is 1.70. The van der Waals surface area contributed by atoms with Gasteiger partial charge in [-0.15, -0.1) is 0 Å². The zero-order chi connectivity index (χ0) is 5.58. The van der Waals surface area contributed by atoms with Crippen molar-refractivity contribution in [3.8, 4) is 0 Å². The molecule has 0 bridgehead atoms. The molecule has 0 heterocycles. The predicted octanol–water partition coefficient (Wildman–Crippen LogP) is 2.99. The van der Waals surface area contributed by atoms with E-state index in [1.54, 1.807) is 9.12 Å². The van der Waals surface area contributed by atoms with E-state index >= 15 is 0 Å². The van der Waals surface area contributed by atoms with Crippen LogP contribution in [0.1, 0.15) is 20.8 Å². The Hall–Kier alpha value is 3.41. The molecule has 0 spiro atoms. The van der Waals surface area contributed by atoms with Crippen LogP contribution in [-0.4, -0.2) is 0 Å². The Morgan fingerprint density at radius 3 is 0.818 bits per heavy atom. The van der Waals surface area contributed by atoms with Gasteiger partial charge in [-0.2, -0.15) is 20.8 Å². The van der Waals surface area contributed by atoms with Gasteiger partial charge in [-0.25, -0.2) is 0 Å². The average Bonchev–Trinajstić information content (AvgIpc) is 1.41. The van der Waals surface area contributed by atoms with Crippen molar-refractivity contribution in [2.24, 2.45) is 0 Å². The minimum absolute atomic E-state index is 0. The summed E-state index contributed by atoms with van der Waals surface area (Å²) >= 11 is 0. The second kappa shape index (κ2) is 50.3. The molecule has 63 valence electrons. The van der Waals surface area contributed by atoms with E-state index in [0.29, 0.717) is 0 Å². The Bertz CT molecular complexity index is 29.0. The second-order valence-corrected chi connectivity index (χ2v) is 1.50. The summed E-state index contributed by atoms with van der Waals surface area (Å²) in [4.78, 5) is 0. The Kier molecular flexibility index (Phi) is 216. The van der Waals surface area contributed by atoms with E-state index in [0.717, 1.165) is 0 Å². The third-order valence-electron chi connectivity index (χ3n) is 0. The Balaban J connectivity index is -0.00000000432. The molecule has 0 saturated carbocycles. The molecule has 0 saturated heterocycles. The second-order valence-electron chi connectivity index (χ2n) is 1.50. The van der Waals surface area contributed by atoms with Crippen LogP contribution in [0, 0.1) is 20.8 Å². The van der Waals surface area contributed by atoms with Gasteiger partial charge in [0.25, 0.3) is 0 Å². The predicted molar refractivity (Wildman–Crippen MR) is 42.1 cm³/mol. The quantitative estimate of drug-likeness (QED) is 0.450. The standard InChI is InChI=1S/C4H9.2CH3.HOP.3Y/c1-4(2)3;;;1-2;;;/h1-3H3;2*1H3;2H;;;/q3*-1;;;;. The van der Waals surface area contributed by atoms with E-state index in [4.69, 9.17) is 4.57 Å². The van der Waals surface area contributed by atoms with Crippen molar-refractivity contribution in [2.75, 3.05) is 0 Å². The van der Waals surface area contributed by atoms with Crippen LogP contribution in [0.5, 0.6) is 0 Å². The van der Waals surface area contributed by atoms with Crippen LogP contribution in [0.25, 0.3) is 0 Å². The third-order valence-corrected chi connectivity index (χ3v) is 0. The summed E-state index contributed by atoms with van der Waals surface area (Å²) < 4.78 is 8.06. The van der Waals surface area contributed by atoms with E-state index < -0.39 is 0 Å². The molecule has 0 fully saturated rings. The first-order valence-corrected chi connectivity index (χ1v) is 2.11. The van der Waals surface area contributed by atoms with Crippen LogP contribution in [0.3, 0.4) is 0 Å². The monoisotopic (exact) mass is 402 g/mol. The Morgan fingerprint density at radius 1 is 0.818 bits per heavy atom. The van der Waals surface area contributed by atoms with Gasteiger partial charge in [-0.05, 0) is 0 Å². The van der Waals surface area contributed by atoms with Crippen LogP contribution in [-0.2, 0) is 103 Å². The Labute approximate surface area is 150 Å². The van der Waals surface area contributed by atoms with Gasteiger partial charge in [0.05, 0.1) is 0 Å². The molecule has 0 aromatic heterocycles. The fourth-order valence-corrected chi connectivity index (χ4v) is 0. The summed E-state index contributed by atoms with van der Waals surface area (Å²) in [7, 11) is 1.72. The van der Waals surface area contributed by atoms with E-state index in [9.17, 15) is 0 Å². The van der Waals surface area contributed by atoms with Crippen LogP contribution >= 0.6 is 9.12 Å². The fraction of sp³-hybridized carbons (Fsp3) is 0.500. The molecule has 3 radical (unpaired) electrons. The first kappa shape index (κ1) is 47.2. The molecule has 0 amide bonds. The SMILES string of the molecule is C[C-](C)C.O=P.[CH3-].[CH3-].[Y].[Y].[Y]. The summed E-state index contributed by atoms with van der Waals surface area (Å²) in [6.45, 7) is 6.25. The van der Waals surface area contributed by atoms with Crippen molar-refractivity contribution in [3.05, 3.63) is 20.8 Å². The van der Waals surface area contributed by atoms with Gasteiger partial charge in [0.1, 0.15) is 9.12 Å². The molecule has 0 aliphatic rings. The molecule has 5 heteroatoms. The molecule has 0 aromatic carbocycles. The van der Waals surface area contributed by atoms with E-state index in [-0.39, 0.29) is 113 Å². The molecule has 0 atom stereocenters. The van der Waals surface area contributed by atoms with Crippen molar-refractivity contribution < 1.29 is 103 Å². The maximum Gasteiger partial charge on any atom is 0.138 e. The zero-order valence-electron chi connectivity index (χ0n) is 8.14. The van der Waals surface area contributed by atoms with E-state index in [1.165, 1.54) is 5.92 Å². The normalized spacial score (nSPS) is 3.64. The van der Waals surface area contributed by atoms with Gasteiger partial charge < -0.3 is 20.8 Å². The number of hydrogen-bond acceptors (Lipinski definition) is 1. The molecule has 0 aliphatic carbocycles. The van der Waals surface area contributed by atoms with Gasteiger partial charge in [0.2, 0.25) is 0 Å². The van der Waals surface area contributed by atoms with Crippen molar-refractivity contribution in [1.82, 2.24) is 0 Å². The molecule has 11 heavy (non-hydrogen) atoms. The first-order chi connectivity index (χ1) is 2.73. The van der Waals surface area contributed by atoms with Crippen molar-refractivity contribution in [3.63, 3.8) is 0 Å². The summed E-state index contributed by atoms with van der Waals surface area (Å²) in [6.07, 6.45) is 0. The average molecular weight is 402 g/mol. The Morgan fingerprint density at radius 2 is 0.818 bits per heavy atom. The van der Waals surface area contributed by atoms with Crippen LogP contribution in [0.4, 0.5) is 0 Å². The molecule has 0 rings (SSSR count). The molecular weight excluding hydrogens is 386 g/mol.